The zero-order valence-electron chi connectivity index (χ0n) is 11.9. The van der Waals surface area contributed by atoms with Gasteiger partial charge in [-0.15, -0.1) is 0 Å². The molecule has 0 rings (SSSR count). The van der Waals surface area contributed by atoms with E-state index in [0.29, 0.717) is 0 Å². The first kappa shape index (κ1) is 16.9. The highest BCUT2D eigenvalue weighted by molar-refractivity contribution is 5.85. The largest absolute Gasteiger partial charge is 0.480 e. The third-order valence-corrected chi connectivity index (χ3v) is 2.73. The summed E-state index contributed by atoms with van der Waals surface area (Å²) in [6, 6.07) is -0.246. The normalized spacial score (nSPS) is 12.8. The van der Waals surface area contributed by atoms with Crippen molar-refractivity contribution in [2.24, 2.45) is 5.92 Å². The first-order valence-corrected chi connectivity index (χ1v) is 6.67. The van der Waals surface area contributed by atoms with Gasteiger partial charge in [-0.2, -0.15) is 0 Å². The molecule has 0 radical (unpaired) electrons. The van der Waals surface area contributed by atoms with E-state index in [0.717, 1.165) is 25.9 Å². The Morgan fingerprint density at radius 2 is 1.67 bits per heavy atom. The van der Waals surface area contributed by atoms with Crippen LogP contribution in [0.15, 0.2) is 0 Å². The summed E-state index contributed by atoms with van der Waals surface area (Å²) >= 11 is 0. The van der Waals surface area contributed by atoms with Gasteiger partial charge in [0.25, 0.3) is 0 Å². The molecule has 0 fully saturated rings. The summed E-state index contributed by atoms with van der Waals surface area (Å²) in [6.07, 6.45) is 1.96. The Hall–Kier alpha value is -1.10. The summed E-state index contributed by atoms with van der Waals surface area (Å²) in [5.41, 5.74) is 0. The number of carbonyl (C=O) groups excluding carboxylic acids is 1. The molecule has 1 unspecified atom stereocenters. The number of hydrogen-bond donors (Lipinski definition) is 2. The number of amides is 1. The van der Waals surface area contributed by atoms with Crippen LogP contribution in [0.2, 0.25) is 0 Å². The standard InChI is InChI=1S/C13H26N2O3/c1-5-7-15(8-6-2)12(10(3)4)13(18)14-9-11(16)17/h10,12H,5-9H2,1-4H3,(H,14,18)(H,16,17). The summed E-state index contributed by atoms with van der Waals surface area (Å²) in [7, 11) is 0. The van der Waals surface area contributed by atoms with Gasteiger partial charge in [0.05, 0.1) is 6.04 Å². The van der Waals surface area contributed by atoms with Gasteiger partial charge < -0.3 is 10.4 Å². The maximum absolute atomic E-state index is 12.1. The molecule has 5 heteroatoms. The van der Waals surface area contributed by atoms with E-state index in [9.17, 15) is 9.59 Å². The SMILES string of the molecule is CCCN(CCC)C(C(=O)NCC(=O)O)C(C)C. The zero-order chi connectivity index (χ0) is 14.1. The van der Waals surface area contributed by atoms with E-state index in [2.05, 4.69) is 24.1 Å². The molecule has 18 heavy (non-hydrogen) atoms. The fourth-order valence-electron chi connectivity index (χ4n) is 2.12. The minimum atomic E-state index is -1.01. The predicted octanol–water partition coefficient (Wildman–Crippen LogP) is 1.33. The number of nitrogens with zero attached hydrogens (tertiary/aromatic N) is 1. The summed E-state index contributed by atoms with van der Waals surface area (Å²) in [5, 5.41) is 11.1. The quantitative estimate of drug-likeness (QED) is 0.654. The minimum absolute atomic E-state index is 0.164. The van der Waals surface area contributed by atoms with Crippen LogP contribution in [0.3, 0.4) is 0 Å². The number of rotatable bonds is 9. The lowest BCUT2D eigenvalue weighted by Gasteiger charge is -2.32. The summed E-state index contributed by atoms with van der Waals surface area (Å²) < 4.78 is 0. The third-order valence-electron chi connectivity index (χ3n) is 2.73. The lowest BCUT2D eigenvalue weighted by Crippen LogP contribution is -2.51. The Kier molecular flexibility index (Phi) is 8.37. The van der Waals surface area contributed by atoms with E-state index in [-0.39, 0.29) is 24.4 Å². The van der Waals surface area contributed by atoms with Crippen molar-refractivity contribution in [3.8, 4) is 0 Å². The van der Waals surface area contributed by atoms with Crippen LogP contribution in [-0.2, 0) is 9.59 Å². The third kappa shape index (κ3) is 6.00. The van der Waals surface area contributed by atoms with Crippen molar-refractivity contribution in [1.82, 2.24) is 10.2 Å². The van der Waals surface area contributed by atoms with Crippen molar-refractivity contribution in [3.05, 3.63) is 0 Å². The second-order valence-electron chi connectivity index (χ2n) is 4.84. The van der Waals surface area contributed by atoms with Gasteiger partial charge >= 0.3 is 5.97 Å². The predicted molar refractivity (Wildman–Crippen MR) is 71.4 cm³/mol. The molecule has 0 spiro atoms. The second-order valence-corrected chi connectivity index (χ2v) is 4.84. The van der Waals surface area contributed by atoms with E-state index < -0.39 is 5.97 Å². The molecule has 0 aliphatic heterocycles. The lowest BCUT2D eigenvalue weighted by atomic mass is 10.0. The molecule has 0 aromatic heterocycles. The number of carboxylic acid groups (broad SMARTS) is 1. The van der Waals surface area contributed by atoms with Gasteiger partial charge in [0.2, 0.25) is 5.91 Å². The molecule has 0 aliphatic carbocycles. The van der Waals surface area contributed by atoms with Crippen molar-refractivity contribution >= 4 is 11.9 Å². The molecule has 2 N–H and O–H groups in total. The van der Waals surface area contributed by atoms with Crippen LogP contribution in [0.25, 0.3) is 0 Å². The topological polar surface area (TPSA) is 69.6 Å². The van der Waals surface area contributed by atoms with Crippen molar-refractivity contribution < 1.29 is 14.7 Å². The maximum atomic E-state index is 12.1. The van der Waals surface area contributed by atoms with E-state index in [4.69, 9.17) is 5.11 Å². The molecule has 0 aromatic rings. The Balaban J connectivity index is 4.68. The Morgan fingerprint density at radius 3 is 2.00 bits per heavy atom. The average molecular weight is 258 g/mol. The molecule has 0 saturated heterocycles. The van der Waals surface area contributed by atoms with Crippen molar-refractivity contribution in [2.45, 2.75) is 46.6 Å². The fourth-order valence-corrected chi connectivity index (χ4v) is 2.12. The van der Waals surface area contributed by atoms with Gasteiger partial charge in [-0.05, 0) is 31.8 Å². The monoisotopic (exact) mass is 258 g/mol. The van der Waals surface area contributed by atoms with E-state index in [1.807, 2.05) is 13.8 Å². The van der Waals surface area contributed by atoms with Crippen molar-refractivity contribution in [3.63, 3.8) is 0 Å². The van der Waals surface area contributed by atoms with Crippen LogP contribution >= 0.6 is 0 Å². The molecule has 106 valence electrons. The summed E-state index contributed by atoms with van der Waals surface area (Å²) in [4.78, 5) is 24.7. The fraction of sp³-hybridized carbons (Fsp3) is 0.846. The highest BCUT2D eigenvalue weighted by Crippen LogP contribution is 2.12. The van der Waals surface area contributed by atoms with Crippen molar-refractivity contribution in [2.75, 3.05) is 19.6 Å². The first-order chi connectivity index (χ1) is 8.43. The number of aliphatic carboxylic acids is 1. The highest BCUT2D eigenvalue weighted by Gasteiger charge is 2.27. The molecule has 0 saturated carbocycles. The van der Waals surface area contributed by atoms with Crippen LogP contribution in [0.5, 0.6) is 0 Å². The Morgan fingerprint density at radius 1 is 1.17 bits per heavy atom. The van der Waals surface area contributed by atoms with Gasteiger partial charge in [-0.1, -0.05) is 27.7 Å². The molecule has 5 nitrogen and oxygen atoms in total. The maximum Gasteiger partial charge on any atom is 0.322 e. The van der Waals surface area contributed by atoms with E-state index >= 15 is 0 Å². The molecule has 0 aromatic carbocycles. The average Bonchev–Trinajstić information content (AvgIpc) is 2.26. The number of carbonyl (C=O) groups is 2. The van der Waals surface area contributed by atoms with Crippen LogP contribution in [0, 0.1) is 5.92 Å². The highest BCUT2D eigenvalue weighted by atomic mass is 16.4. The molecular weight excluding hydrogens is 232 g/mol. The van der Waals surface area contributed by atoms with Crippen LogP contribution in [0.1, 0.15) is 40.5 Å². The van der Waals surface area contributed by atoms with Gasteiger partial charge in [-0.25, -0.2) is 0 Å². The lowest BCUT2D eigenvalue weighted by molar-refractivity contribution is -0.139. The molecule has 0 heterocycles. The number of carboxylic acids is 1. The van der Waals surface area contributed by atoms with E-state index in [1.54, 1.807) is 0 Å². The van der Waals surface area contributed by atoms with Crippen molar-refractivity contribution in [1.29, 1.82) is 0 Å². The van der Waals surface area contributed by atoms with Crippen LogP contribution in [0.4, 0.5) is 0 Å². The summed E-state index contributed by atoms with van der Waals surface area (Å²) in [5.74, 6) is -1.03. The number of hydrogen-bond acceptors (Lipinski definition) is 3. The smallest absolute Gasteiger partial charge is 0.322 e. The van der Waals surface area contributed by atoms with Gasteiger partial charge in [0.15, 0.2) is 0 Å². The zero-order valence-corrected chi connectivity index (χ0v) is 11.9. The molecular formula is C13H26N2O3. The minimum Gasteiger partial charge on any atom is -0.480 e. The Labute approximate surface area is 110 Å². The van der Waals surface area contributed by atoms with Crippen LogP contribution < -0.4 is 5.32 Å². The Bertz CT molecular complexity index is 261. The number of nitrogens with one attached hydrogen (secondary N) is 1. The van der Waals surface area contributed by atoms with Gasteiger partial charge in [0, 0.05) is 0 Å². The molecule has 1 atom stereocenters. The first-order valence-electron chi connectivity index (χ1n) is 6.67. The molecule has 0 bridgehead atoms. The second kappa shape index (κ2) is 8.91. The van der Waals surface area contributed by atoms with Gasteiger partial charge in [-0.3, -0.25) is 14.5 Å². The summed E-state index contributed by atoms with van der Waals surface area (Å²) in [6.45, 7) is 9.54. The van der Waals surface area contributed by atoms with Crippen LogP contribution in [-0.4, -0.2) is 47.6 Å². The van der Waals surface area contributed by atoms with E-state index in [1.165, 1.54) is 0 Å². The van der Waals surface area contributed by atoms with Gasteiger partial charge in [0.1, 0.15) is 6.54 Å². The molecule has 0 aliphatic rings. The molecule has 1 amide bonds.